The molecule has 2 aromatic carbocycles. The van der Waals surface area contributed by atoms with Gasteiger partial charge in [-0.25, -0.2) is 13.2 Å². The zero-order valence-electron chi connectivity index (χ0n) is 11.0. The largest absolute Gasteiger partial charge is 0.324 e. The Balaban J connectivity index is 2.30. The van der Waals surface area contributed by atoms with Crippen LogP contribution in [0.15, 0.2) is 30.3 Å². The van der Waals surface area contributed by atoms with Crippen molar-refractivity contribution < 1.29 is 18.0 Å². The van der Waals surface area contributed by atoms with Gasteiger partial charge in [-0.05, 0) is 30.7 Å². The molecule has 0 aliphatic heterocycles. The number of hydrogen-bond acceptors (Lipinski definition) is 3. The molecule has 1 amide bonds. The molecule has 0 unspecified atom stereocenters. The van der Waals surface area contributed by atoms with E-state index in [9.17, 15) is 18.0 Å². The zero-order valence-corrected chi connectivity index (χ0v) is 11.0. The number of amides is 1. The molecular formula is C14H12F3N3O. The molecule has 0 aliphatic carbocycles. The molecule has 0 bridgehead atoms. The highest BCUT2D eigenvalue weighted by Gasteiger charge is 2.16. The predicted molar refractivity (Wildman–Crippen MR) is 73.3 cm³/mol. The summed E-state index contributed by atoms with van der Waals surface area (Å²) in [4.78, 5) is 12.0. The fraction of sp³-hybridized carbons (Fsp3) is 0.0714. The first-order valence-electron chi connectivity index (χ1n) is 5.95. The van der Waals surface area contributed by atoms with Crippen molar-refractivity contribution in [1.29, 1.82) is 0 Å². The van der Waals surface area contributed by atoms with Crippen LogP contribution in [-0.2, 0) is 0 Å². The van der Waals surface area contributed by atoms with Crippen molar-refractivity contribution >= 4 is 17.3 Å². The lowest BCUT2D eigenvalue weighted by Crippen LogP contribution is -2.16. The minimum absolute atomic E-state index is 0.220. The summed E-state index contributed by atoms with van der Waals surface area (Å²) >= 11 is 0. The topological polar surface area (TPSA) is 67.1 Å². The second kappa shape index (κ2) is 5.84. The van der Waals surface area contributed by atoms with E-state index < -0.39 is 29.0 Å². The Hall–Kier alpha value is -2.54. The van der Waals surface area contributed by atoms with Crippen LogP contribution in [-0.4, -0.2) is 5.91 Å². The van der Waals surface area contributed by atoms with E-state index in [1.54, 1.807) is 19.1 Å². The van der Waals surface area contributed by atoms with Crippen molar-refractivity contribution in [2.24, 2.45) is 5.84 Å². The molecule has 4 N–H and O–H groups in total. The Morgan fingerprint density at radius 1 is 1.10 bits per heavy atom. The number of carbonyl (C=O) groups is 1. The second-order valence-corrected chi connectivity index (χ2v) is 4.37. The molecule has 0 saturated heterocycles. The van der Waals surface area contributed by atoms with Crippen LogP contribution in [0, 0.1) is 24.4 Å². The number of benzene rings is 2. The minimum atomic E-state index is -1.18. The lowest BCUT2D eigenvalue weighted by molar-refractivity contribution is 0.102. The summed E-state index contributed by atoms with van der Waals surface area (Å²) in [6.45, 7) is 1.65. The molecule has 0 atom stereocenters. The smallest absolute Gasteiger partial charge is 0.256 e. The number of nitrogen functional groups attached to an aromatic ring is 1. The van der Waals surface area contributed by atoms with Gasteiger partial charge in [0.25, 0.3) is 5.91 Å². The number of nitrogens with one attached hydrogen (secondary N) is 2. The average molecular weight is 295 g/mol. The van der Waals surface area contributed by atoms with E-state index in [0.29, 0.717) is 23.4 Å². The lowest BCUT2D eigenvalue weighted by atomic mass is 10.1. The summed E-state index contributed by atoms with van der Waals surface area (Å²) in [7, 11) is 0. The van der Waals surface area contributed by atoms with Gasteiger partial charge in [0.1, 0.15) is 11.5 Å². The Bertz CT molecular complexity index is 681. The van der Waals surface area contributed by atoms with E-state index in [0.717, 1.165) is 0 Å². The van der Waals surface area contributed by atoms with Gasteiger partial charge >= 0.3 is 0 Å². The number of carbonyl (C=O) groups excluding carboxylic acids is 1. The van der Waals surface area contributed by atoms with Crippen LogP contribution in [0.3, 0.4) is 0 Å². The fourth-order valence-corrected chi connectivity index (χ4v) is 1.85. The Morgan fingerprint density at radius 2 is 1.71 bits per heavy atom. The first-order valence-corrected chi connectivity index (χ1v) is 5.95. The van der Waals surface area contributed by atoms with Crippen molar-refractivity contribution in [2.75, 3.05) is 10.7 Å². The van der Waals surface area contributed by atoms with E-state index in [4.69, 9.17) is 5.84 Å². The second-order valence-electron chi connectivity index (χ2n) is 4.37. The monoisotopic (exact) mass is 295 g/mol. The highest BCUT2D eigenvalue weighted by atomic mass is 19.1. The molecule has 0 spiro atoms. The van der Waals surface area contributed by atoms with Crippen molar-refractivity contribution in [1.82, 2.24) is 0 Å². The van der Waals surface area contributed by atoms with E-state index in [1.165, 1.54) is 6.07 Å². The Morgan fingerprint density at radius 3 is 2.24 bits per heavy atom. The highest BCUT2D eigenvalue weighted by molar-refractivity contribution is 6.05. The van der Waals surface area contributed by atoms with Gasteiger partial charge in [-0.3, -0.25) is 10.6 Å². The summed E-state index contributed by atoms with van der Waals surface area (Å²) in [5.41, 5.74) is 3.09. The zero-order chi connectivity index (χ0) is 15.6. The third kappa shape index (κ3) is 3.14. The Kier molecular flexibility index (Phi) is 4.13. The normalized spacial score (nSPS) is 10.3. The molecule has 2 aromatic rings. The van der Waals surface area contributed by atoms with Crippen LogP contribution in [0.2, 0.25) is 0 Å². The van der Waals surface area contributed by atoms with Gasteiger partial charge in [0.15, 0.2) is 11.6 Å². The fourth-order valence-electron chi connectivity index (χ4n) is 1.85. The number of rotatable bonds is 3. The predicted octanol–water partition coefficient (Wildman–Crippen LogP) is 2.95. The number of hydrazine groups is 1. The summed E-state index contributed by atoms with van der Waals surface area (Å²) in [6.07, 6.45) is 0. The minimum Gasteiger partial charge on any atom is -0.324 e. The summed E-state index contributed by atoms with van der Waals surface area (Å²) < 4.78 is 39.8. The molecule has 0 radical (unpaired) electrons. The maximum absolute atomic E-state index is 13.5. The van der Waals surface area contributed by atoms with Gasteiger partial charge < -0.3 is 10.7 Å². The van der Waals surface area contributed by atoms with E-state index in [2.05, 4.69) is 10.7 Å². The van der Waals surface area contributed by atoms with Gasteiger partial charge in [0.2, 0.25) is 0 Å². The van der Waals surface area contributed by atoms with Crippen LogP contribution >= 0.6 is 0 Å². The summed E-state index contributed by atoms with van der Waals surface area (Å²) in [6, 6.07) is 5.59. The summed E-state index contributed by atoms with van der Waals surface area (Å²) in [5, 5.41) is 2.09. The van der Waals surface area contributed by atoms with Crippen molar-refractivity contribution in [2.45, 2.75) is 6.92 Å². The molecule has 110 valence electrons. The number of halogens is 3. The van der Waals surface area contributed by atoms with Gasteiger partial charge in [0, 0.05) is 23.4 Å². The molecule has 0 aliphatic rings. The molecule has 2 rings (SSSR count). The van der Waals surface area contributed by atoms with Crippen molar-refractivity contribution in [3.8, 4) is 0 Å². The average Bonchev–Trinajstić information content (AvgIpc) is 2.42. The molecular weight excluding hydrogens is 283 g/mol. The molecule has 0 aromatic heterocycles. The van der Waals surface area contributed by atoms with Gasteiger partial charge in [-0.2, -0.15) is 0 Å². The molecule has 0 saturated carbocycles. The molecule has 0 fully saturated rings. The highest BCUT2D eigenvalue weighted by Crippen LogP contribution is 2.22. The maximum atomic E-state index is 13.5. The third-order valence-electron chi connectivity index (χ3n) is 2.88. The number of anilines is 2. The molecule has 21 heavy (non-hydrogen) atoms. The number of aryl methyl sites for hydroxylation is 1. The first-order chi connectivity index (χ1) is 9.92. The first kappa shape index (κ1) is 14.9. The summed E-state index contributed by atoms with van der Waals surface area (Å²) in [5.74, 6) is 1.11. The van der Waals surface area contributed by atoms with Crippen molar-refractivity contribution in [3.05, 3.63) is 58.9 Å². The van der Waals surface area contributed by atoms with Crippen LogP contribution in [0.1, 0.15) is 15.9 Å². The maximum Gasteiger partial charge on any atom is 0.256 e. The van der Waals surface area contributed by atoms with E-state index in [-0.39, 0.29) is 5.56 Å². The van der Waals surface area contributed by atoms with Gasteiger partial charge in [0.05, 0.1) is 0 Å². The number of nitrogens with two attached hydrogens (primary N) is 1. The quantitative estimate of drug-likeness (QED) is 0.602. The Labute approximate surface area is 118 Å². The third-order valence-corrected chi connectivity index (χ3v) is 2.88. The number of hydrogen-bond donors (Lipinski definition) is 3. The molecule has 0 heterocycles. The molecule has 7 heteroatoms. The van der Waals surface area contributed by atoms with Crippen molar-refractivity contribution in [3.63, 3.8) is 0 Å². The SMILES string of the molecule is Cc1cc(NN)ccc1C(=O)Nc1c(F)cc(F)cc1F. The van der Waals surface area contributed by atoms with Crippen LogP contribution in [0.5, 0.6) is 0 Å². The van der Waals surface area contributed by atoms with Crippen LogP contribution in [0.25, 0.3) is 0 Å². The van der Waals surface area contributed by atoms with Gasteiger partial charge in [-0.15, -0.1) is 0 Å². The lowest BCUT2D eigenvalue weighted by Gasteiger charge is -2.10. The van der Waals surface area contributed by atoms with E-state index in [1.807, 2.05) is 0 Å². The van der Waals surface area contributed by atoms with E-state index >= 15 is 0 Å². The molecule has 4 nitrogen and oxygen atoms in total. The standard InChI is InChI=1S/C14H12F3N3O/c1-7-4-9(20-18)2-3-10(7)14(21)19-13-11(16)5-8(15)6-12(13)17/h2-6,20H,18H2,1H3,(H,19,21). The van der Waals surface area contributed by atoms with Gasteiger partial charge in [-0.1, -0.05) is 0 Å². The van der Waals surface area contributed by atoms with Crippen LogP contribution in [0.4, 0.5) is 24.5 Å². The van der Waals surface area contributed by atoms with Crippen LogP contribution < -0.4 is 16.6 Å².